The molecular formula is C13H22O3. The van der Waals surface area contributed by atoms with Gasteiger partial charge in [0.2, 0.25) is 0 Å². The second kappa shape index (κ2) is 5.28. The fraction of sp³-hybridized carbons (Fsp3) is 0.923. The fourth-order valence-electron chi connectivity index (χ4n) is 2.99. The predicted octanol–water partition coefficient (Wildman–Crippen LogP) is 2.33. The number of Topliss-reactive ketones (excluding diaryl/α,β-unsaturated/α-hetero) is 1. The van der Waals surface area contributed by atoms with Crippen LogP contribution in [-0.4, -0.2) is 31.7 Å². The Hall–Kier alpha value is -0.410. The number of hydrogen-bond donors (Lipinski definition) is 0. The Morgan fingerprint density at radius 3 is 2.56 bits per heavy atom. The molecule has 0 N–H and O–H groups in total. The van der Waals surface area contributed by atoms with E-state index in [2.05, 4.69) is 0 Å². The van der Waals surface area contributed by atoms with E-state index in [1.54, 1.807) is 7.11 Å². The van der Waals surface area contributed by atoms with Gasteiger partial charge in [-0.05, 0) is 25.7 Å². The summed E-state index contributed by atoms with van der Waals surface area (Å²) in [6.07, 6.45) is 7.26. The van der Waals surface area contributed by atoms with Crippen LogP contribution in [0.4, 0.5) is 0 Å². The summed E-state index contributed by atoms with van der Waals surface area (Å²) in [5.41, 5.74) is -0.483. The van der Waals surface area contributed by atoms with E-state index < -0.39 is 5.60 Å². The van der Waals surface area contributed by atoms with Crippen LogP contribution in [0.3, 0.4) is 0 Å². The smallest absolute Gasteiger partial charge is 0.169 e. The van der Waals surface area contributed by atoms with Crippen molar-refractivity contribution < 1.29 is 14.3 Å². The maximum Gasteiger partial charge on any atom is 0.169 e. The number of rotatable bonds is 3. The average molecular weight is 226 g/mol. The Kier molecular flexibility index (Phi) is 3.98. The monoisotopic (exact) mass is 226 g/mol. The number of carbonyl (C=O) groups excluding carboxylic acids is 1. The standard InChI is InChI=1S/C13H22O3/c1-15-13(7-3-2-4-8-13)12(14)11-6-5-9-16-10-11/h11H,2-10H2,1H3. The quantitative estimate of drug-likeness (QED) is 0.741. The predicted molar refractivity (Wildman–Crippen MR) is 61.4 cm³/mol. The number of ether oxygens (including phenoxy) is 2. The molecule has 1 saturated carbocycles. The maximum atomic E-state index is 12.5. The normalized spacial score (nSPS) is 29.9. The molecule has 0 radical (unpaired) electrons. The van der Waals surface area contributed by atoms with Gasteiger partial charge in [0.05, 0.1) is 6.61 Å². The molecule has 0 aromatic carbocycles. The zero-order chi connectivity index (χ0) is 11.4. The minimum absolute atomic E-state index is 0.0757. The highest BCUT2D eigenvalue weighted by Crippen LogP contribution is 2.35. The first-order valence-corrected chi connectivity index (χ1v) is 6.46. The van der Waals surface area contributed by atoms with Crippen molar-refractivity contribution in [2.75, 3.05) is 20.3 Å². The highest BCUT2D eigenvalue weighted by molar-refractivity contribution is 5.89. The molecule has 3 heteroatoms. The first kappa shape index (κ1) is 12.1. The van der Waals surface area contributed by atoms with Crippen molar-refractivity contribution in [1.82, 2.24) is 0 Å². The molecule has 2 aliphatic rings. The van der Waals surface area contributed by atoms with Gasteiger partial charge < -0.3 is 9.47 Å². The number of hydrogen-bond acceptors (Lipinski definition) is 3. The van der Waals surface area contributed by atoms with Gasteiger partial charge >= 0.3 is 0 Å². The van der Waals surface area contributed by atoms with Crippen LogP contribution in [0.1, 0.15) is 44.9 Å². The van der Waals surface area contributed by atoms with Crippen LogP contribution < -0.4 is 0 Å². The summed E-state index contributed by atoms with van der Waals surface area (Å²) >= 11 is 0. The molecule has 92 valence electrons. The molecular weight excluding hydrogens is 204 g/mol. The molecule has 1 heterocycles. The molecule has 3 nitrogen and oxygen atoms in total. The van der Waals surface area contributed by atoms with Gasteiger partial charge in [0.15, 0.2) is 5.78 Å². The van der Waals surface area contributed by atoms with Crippen LogP contribution in [0.15, 0.2) is 0 Å². The van der Waals surface area contributed by atoms with E-state index in [0.717, 1.165) is 45.1 Å². The van der Waals surface area contributed by atoms with Crippen LogP contribution in [0, 0.1) is 5.92 Å². The van der Waals surface area contributed by atoms with Crippen molar-refractivity contribution in [2.24, 2.45) is 5.92 Å². The molecule has 1 aliphatic carbocycles. The van der Waals surface area contributed by atoms with E-state index in [1.165, 1.54) is 6.42 Å². The molecule has 0 spiro atoms. The van der Waals surface area contributed by atoms with E-state index in [-0.39, 0.29) is 5.92 Å². The first-order chi connectivity index (χ1) is 7.78. The van der Waals surface area contributed by atoms with E-state index in [4.69, 9.17) is 9.47 Å². The number of methoxy groups -OCH3 is 1. The molecule has 1 aliphatic heterocycles. The third-order valence-corrected chi connectivity index (χ3v) is 4.03. The molecule has 1 saturated heterocycles. The maximum absolute atomic E-state index is 12.5. The fourth-order valence-corrected chi connectivity index (χ4v) is 2.99. The van der Waals surface area contributed by atoms with Gasteiger partial charge in [-0.3, -0.25) is 4.79 Å². The second-order valence-electron chi connectivity index (χ2n) is 5.04. The summed E-state index contributed by atoms with van der Waals surface area (Å²) in [6.45, 7) is 1.41. The lowest BCUT2D eigenvalue weighted by Gasteiger charge is -2.37. The summed E-state index contributed by atoms with van der Waals surface area (Å²) in [5.74, 6) is 0.376. The van der Waals surface area contributed by atoms with Crippen molar-refractivity contribution in [3.63, 3.8) is 0 Å². The van der Waals surface area contributed by atoms with E-state index >= 15 is 0 Å². The zero-order valence-electron chi connectivity index (χ0n) is 10.2. The van der Waals surface area contributed by atoms with Gasteiger partial charge in [-0.25, -0.2) is 0 Å². The highest BCUT2D eigenvalue weighted by Gasteiger charge is 2.43. The second-order valence-corrected chi connectivity index (χ2v) is 5.04. The number of carbonyl (C=O) groups is 1. The Morgan fingerprint density at radius 1 is 1.25 bits per heavy atom. The van der Waals surface area contributed by atoms with Crippen LogP contribution >= 0.6 is 0 Å². The average Bonchev–Trinajstić information content (AvgIpc) is 2.39. The van der Waals surface area contributed by atoms with Gasteiger partial charge in [-0.1, -0.05) is 19.3 Å². The van der Waals surface area contributed by atoms with Crippen molar-refractivity contribution >= 4 is 5.78 Å². The molecule has 16 heavy (non-hydrogen) atoms. The molecule has 0 amide bonds. The van der Waals surface area contributed by atoms with Crippen molar-refractivity contribution in [3.05, 3.63) is 0 Å². The molecule has 2 rings (SSSR count). The van der Waals surface area contributed by atoms with Crippen LogP contribution in [-0.2, 0) is 14.3 Å². The number of ketones is 1. The summed E-state index contributed by atoms with van der Waals surface area (Å²) in [7, 11) is 1.69. The third-order valence-electron chi connectivity index (χ3n) is 4.03. The SMILES string of the molecule is COC1(C(=O)C2CCCOC2)CCCCC1. The summed E-state index contributed by atoms with van der Waals surface area (Å²) in [5, 5.41) is 0. The van der Waals surface area contributed by atoms with E-state index in [0.29, 0.717) is 12.4 Å². The van der Waals surface area contributed by atoms with Crippen LogP contribution in [0.2, 0.25) is 0 Å². The molecule has 1 atom stereocenters. The van der Waals surface area contributed by atoms with Crippen molar-refractivity contribution in [3.8, 4) is 0 Å². The topological polar surface area (TPSA) is 35.5 Å². The van der Waals surface area contributed by atoms with Gasteiger partial charge in [0.1, 0.15) is 5.60 Å². The summed E-state index contributed by atoms with van der Waals surface area (Å²) < 4.78 is 11.0. The Labute approximate surface area is 97.5 Å². The minimum atomic E-state index is -0.483. The zero-order valence-corrected chi connectivity index (χ0v) is 10.2. The van der Waals surface area contributed by atoms with Gasteiger partial charge in [0.25, 0.3) is 0 Å². The van der Waals surface area contributed by atoms with Crippen LogP contribution in [0.25, 0.3) is 0 Å². The highest BCUT2D eigenvalue weighted by atomic mass is 16.5. The first-order valence-electron chi connectivity index (χ1n) is 6.46. The molecule has 0 bridgehead atoms. The Balaban J connectivity index is 2.04. The van der Waals surface area contributed by atoms with Crippen molar-refractivity contribution in [2.45, 2.75) is 50.5 Å². The molecule has 0 aromatic rings. The lowest BCUT2D eigenvalue weighted by Crippen LogP contribution is -2.47. The van der Waals surface area contributed by atoms with Crippen molar-refractivity contribution in [1.29, 1.82) is 0 Å². The third kappa shape index (κ3) is 2.30. The Morgan fingerprint density at radius 2 is 2.00 bits per heavy atom. The lowest BCUT2D eigenvalue weighted by atomic mass is 9.76. The summed E-state index contributed by atoms with van der Waals surface area (Å²) in [4.78, 5) is 12.5. The Bertz CT molecular complexity index is 238. The van der Waals surface area contributed by atoms with Crippen LogP contribution in [0.5, 0.6) is 0 Å². The van der Waals surface area contributed by atoms with Gasteiger partial charge in [-0.2, -0.15) is 0 Å². The molecule has 0 aromatic heterocycles. The summed E-state index contributed by atoms with van der Waals surface area (Å²) in [6, 6.07) is 0. The molecule has 2 fully saturated rings. The van der Waals surface area contributed by atoms with E-state index in [9.17, 15) is 4.79 Å². The van der Waals surface area contributed by atoms with Gasteiger partial charge in [0, 0.05) is 19.6 Å². The minimum Gasteiger partial charge on any atom is -0.381 e. The lowest BCUT2D eigenvalue weighted by molar-refractivity contribution is -0.153. The van der Waals surface area contributed by atoms with E-state index in [1.807, 2.05) is 0 Å². The van der Waals surface area contributed by atoms with Gasteiger partial charge in [-0.15, -0.1) is 0 Å². The largest absolute Gasteiger partial charge is 0.381 e. The molecule has 1 unspecified atom stereocenters.